The number of nitrogens with one attached hydrogen (secondary N) is 1. The molecule has 0 saturated heterocycles. The van der Waals surface area contributed by atoms with E-state index in [1.165, 1.54) is 11.8 Å². The maximum absolute atomic E-state index is 12.3. The topological polar surface area (TPSA) is 91.7 Å². The van der Waals surface area contributed by atoms with Gasteiger partial charge in [0.15, 0.2) is 11.5 Å². The third kappa shape index (κ3) is 3.75. The molecule has 0 bridgehead atoms. The predicted molar refractivity (Wildman–Crippen MR) is 94.1 cm³/mol. The van der Waals surface area contributed by atoms with Crippen molar-refractivity contribution in [2.45, 2.75) is 6.92 Å². The van der Waals surface area contributed by atoms with Crippen LogP contribution in [0.3, 0.4) is 0 Å². The van der Waals surface area contributed by atoms with Gasteiger partial charge in [-0.25, -0.2) is 0 Å². The van der Waals surface area contributed by atoms with Crippen molar-refractivity contribution in [1.82, 2.24) is 5.32 Å². The Labute approximate surface area is 150 Å². The Balaban J connectivity index is 1.62. The van der Waals surface area contributed by atoms with E-state index in [4.69, 9.17) is 14.7 Å². The molecule has 1 N–H and O–H groups in total. The van der Waals surface area contributed by atoms with Gasteiger partial charge in [-0.1, -0.05) is 6.07 Å². The lowest BCUT2D eigenvalue weighted by molar-refractivity contribution is -0.116. The summed E-state index contributed by atoms with van der Waals surface area (Å²) in [5, 5.41) is 11.8. The van der Waals surface area contributed by atoms with Crippen LogP contribution in [0.25, 0.3) is 0 Å². The molecule has 1 heterocycles. The second-order valence-corrected chi connectivity index (χ2v) is 5.66. The minimum absolute atomic E-state index is 0.149. The van der Waals surface area contributed by atoms with E-state index in [0.717, 1.165) is 0 Å². The van der Waals surface area contributed by atoms with Crippen LogP contribution in [0, 0.1) is 11.3 Å². The molecule has 0 atom stereocenters. The highest BCUT2D eigenvalue weighted by atomic mass is 16.7. The van der Waals surface area contributed by atoms with Gasteiger partial charge in [0.1, 0.15) is 0 Å². The fraction of sp³-hybridized carbons (Fsp3) is 0.211. The summed E-state index contributed by atoms with van der Waals surface area (Å²) in [5.74, 6) is 0.716. The van der Waals surface area contributed by atoms with E-state index in [9.17, 15) is 9.59 Å². The second kappa shape index (κ2) is 7.57. The summed E-state index contributed by atoms with van der Waals surface area (Å²) < 4.78 is 10.5. The van der Waals surface area contributed by atoms with Crippen LogP contribution < -0.4 is 19.7 Å². The molecule has 26 heavy (non-hydrogen) atoms. The Morgan fingerprint density at radius 1 is 1.19 bits per heavy atom. The standard InChI is InChI=1S/C19H17N3O4/c1-13(23)22(16-4-2-3-14(9-16)11-20)8-7-21-19(24)15-5-6-17-18(10-15)26-12-25-17/h2-6,9-10H,7-8,12H2,1H3,(H,21,24). The summed E-state index contributed by atoms with van der Waals surface area (Å²) in [6.45, 7) is 2.15. The molecule has 0 radical (unpaired) electrons. The number of carbonyl (C=O) groups is 2. The van der Waals surface area contributed by atoms with Gasteiger partial charge in [-0.05, 0) is 36.4 Å². The normalized spacial score (nSPS) is 11.5. The van der Waals surface area contributed by atoms with E-state index >= 15 is 0 Å². The summed E-state index contributed by atoms with van der Waals surface area (Å²) in [6.07, 6.45) is 0. The Bertz CT molecular complexity index is 889. The van der Waals surface area contributed by atoms with Crippen molar-refractivity contribution in [3.63, 3.8) is 0 Å². The maximum Gasteiger partial charge on any atom is 0.251 e. The largest absolute Gasteiger partial charge is 0.454 e. The molecule has 7 heteroatoms. The molecule has 0 spiro atoms. The number of carbonyl (C=O) groups excluding carboxylic acids is 2. The minimum atomic E-state index is -0.266. The van der Waals surface area contributed by atoms with Crippen molar-refractivity contribution >= 4 is 17.5 Å². The molecule has 0 aromatic heterocycles. The Morgan fingerprint density at radius 2 is 2.00 bits per heavy atom. The molecule has 0 unspecified atom stereocenters. The van der Waals surface area contributed by atoms with E-state index in [2.05, 4.69) is 5.32 Å². The number of nitriles is 1. The van der Waals surface area contributed by atoms with Gasteiger partial charge in [0.2, 0.25) is 12.7 Å². The highest BCUT2D eigenvalue weighted by Crippen LogP contribution is 2.32. The molecule has 7 nitrogen and oxygen atoms in total. The monoisotopic (exact) mass is 351 g/mol. The van der Waals surface area contributed by atoms with Gasteiger partial charge in [0, 0.05) is 31.3 Å². The van der Waals surface area contributed by atoms with Crippen LogP contribution in [0.4, 0.5) is 5.69 Å². The fourth-order valence-electron chi connectivity index (χ4n) is 2.63. The van der Waals surface area contributed by atoms with Crippen LogP contribution in [-0.4, -0.2) is 31.7 Å². The first-order valence-corrected chi connectivity index (χ1v) is 8.04. The van der Waals surface area contributed by atoms with Crippen LogP contribution in [0.1, 0.15) is 22.8 Å². The number of hydrogen-bond donors (Lipinski definition) is 1. The molecule has 0 aliphatic carbocycles. The number of benzene rings is 2. The molecule has 2 aromatic carbocycles. The number of anilines is 1. The quantitative estimate of drug-likeness (QED) is 0.890. The number of ether oxygens (including phenoxy) is 2. The average molecular weight is 351 g/mol. The molecule has 0 saturated carbocycles. The number of fused-ring (bicyclic) bond motifs is 1. The van der Waals surface area contributed by atoms with E-state index in [0.29, 0.717) is 34.9 Å². The van der Waals surface area contributed by atoms with Gasteiger partial charge < -0.3 is 19.7 Å². The number of rotatable bonds is 5. The highest BCUT2D eigenvalue weighted by molar-refractivity contribution is 5.95. The van der Waals surface area contributed by atoms with Crippen LogP contribution in [0.15, 0.2) is 42.5 Å². The van der Waals surface area contributed by atoms with Crippen LogP contribution in [-0.2, 0) is 4.79 Å². The van der Waals surface area contributed by atoms with E-state index in [1.807, 2.05) is 6.07 Å². The lowest BCUT2D eigenvalue weighted by atomic mass is 10.2. The summed E-state index contributed by atoms with van der Waals surface area (Å²) in [4.78, 5) is 25.7. The average Bonchev–Trinajstić information content (AvgIpc) is 3.12. The fourth-order valence-corrected chi connectivity index (χ4v) is 2.63. The summed E-state index contributed by atoms with van der Waals surface area (Å²) in [6, 6.07) is 13.8. The number of amides is 2. The molecule has 1 aliphatic heterocycles. The number of nitrogens with zero attached hydrogens (tertiary/aromatic N) is 2. The first kappa shape index (κ1) is 17.3. The predicted octanol–water partition coefficient (Wildman–Crippen LogP) is 2.07. The smallest absolute Gasteiger partial charge is 0.251 e. The van der Waals surface area contributed by atoms with Crippen molar-refractivity contribution in [3.8, 4) is 17.6 Å². The van der Waals surface area contributed by atoms with E-state index in [-0.39, 0.29) is 25.2 Å². The van der Waals surface area contributed by atoms with Crippen molar-refractivity contribution in [1.29, 1.82) is 5.26 Å². The molecular weight excluding hydrogens is 334 g/mol. The highest BCUT2D eigenvalue weighted by Gasteiger charge is 2.17. The molecular formula is C19H17N3O4. The van der Waals surface area contributed by atoms with Gasteiger partial charge in [0.05, 0.1) is 11.6 Å². The molecule has 132 valence electrons. The van der Waals surface area contributed by atoms with Crippen LogP contribution in [0.5, 0.6) is 11.5 Å². The third-order valence-corrected chi connectivity index (χ3v) is 3.92. The van der Waals surface area contributed by atoms with Crippen molar-refractivity contribution < 1.29 is 19.1 Å². The zero-order valence-electron chi connectivity index (χ0n) is 14.2. The van der Waals surface area contributed by atoms with Crippen LogP contribution >= 0.6 is 0 Å². The van der Waals surface area contributed by atoms with Crippen LogP contribution in [0.2, 0.25) is 0 Å². The zero-order chi connectivity index (χ0) is 18.5. The van der Waals surface area contributed by atoms with Crippen molar-refractivity contribution in [2.24, 2.45) is 0 Å². The first-order valence-electron chi connectivity index (χ1n) is 8.04. The van der Waals surface area contributed by atoms with Crippen molar-refractivity contribution in [2.75, 3.05) is 24.8 Å². The van der Waals surface area contributed by atoms with Gasteiger partial charge >= 0.3 is 0 Å². The van der Waals surface area contributed by atoms with E-state index < -0.39 is 0 Å². The Hall–Kier alpha value is -3.53. The molecule has 2 amide bonds. The molecule has 0 fully saturated rings. The Morgan fingerprint density at radius 3 is 2.77 bits per heavy atom. The van der Waals surface area contributed by atoms with Gasteiger partial charge in [0.25, 0.3) is 5.91 Å². The summed E-state index contributed by atoms with van der Waals surface area (Å²) in [7, 11) is 0. The molecule has 3 rings (SSSR count). The van der Waals surface area contributed by atoms with Crippen molar-refractivity contribution in [3.05, 3.63) is 53.6 Å². The zero-order valence-corrected chi connectivity index (χ0v) is 14.2. The van der Waals surface area contributed by atoms with E-state index in [1.54, 1.807) is 42.5 Å². The summed E-state index contributed by atoms with van der Waals surface area (Å²) >= 11 is 0. The summed E-state index contributed by atoms with van der Waals surface area (Å²) in [5.41, 5.74) is 1.54. The first-order chi connectivity index (χ1) is 12.6. The molecule has 1 aliphatic rings. The lowest BCUT2D eigenvalue weighted by Crippen LogP contribution is -2.37. The third-order valence-electron chi connectivity index (χ3n) is 3.92. The maximum atomic E-state index is 12.3. The van der Waals surface area contributed by atoms with Gasteiger partial charge in [-0.3, -0.25) is 9.59 Å². The lowest BCUT2D eigenvalue weighted by Gasteiger charge is -2.21. The minimum Gasteiger partial charge on any atom is -0.454 e. The Kier molecular flexibility index (Phi) is 5.04. The van der Waals surface area contributed by atoms with Gasteiger partial charge in [-0.15, -0.1) is 0 Å². The second-order valence-electron chi connectivity index (χ2n) is 5.66. The van der Waals surface area contributed by atoms with Gasteiger partial charge in [-0.2, -0.15) is 5.26 Å². The SMILES string of the molecule is CC(=O)N(CCNC(=O)c1ccc2c(c1)OCO2)c1cccc(C#N)c1. The number of hydrogen-bond acceptors (Lipinski definition) is 5. The molecule has 2 aromatic rings.